The highest BCUT2D eigenvalue weighted by Crippen LogP contribution is 2.34. The average molecular weight is 431 g/mol. The van der Waals surface area contributed by atoms with Gasteiger partial charge in [0.1, 0.15) is 13.2 Å². The molecule has 0 fully saturated rings. The molecule has 0 spiro atoms. The van der Waals surface area contributed by atoms with Crippen LogP contribution >= 0.6 is 11.3 Å². The zero-order valence-electron chi connectivity index (χ0n) is 15.3. The molecule has 2 aromatic carbocycles. The molecule has 1 aliphatic rings. The number of rotatable bonds is 5. The molecule has 0 unspecified atom stereocenters. The number of hydrogen-bond acceptors (Lipinski definition) is 7. The van der Waals surface area contributed by atoms with Crippen molar-refractivity contribution in [1.29, 1.82) is 0 Å². The minimum Gasteiger partial charge on any atom is -0.486 e. The van der Waals surface area contributed by atoms with E-state index in [-0.39, 0.29) is 5.91 Å². The first kappa shape index (κ1) is 19.2. The second-order valence-corrected chi connectivity index (χ2v) is 8.88. The normalized spacial score (nSPS) is 13.0. The highest BCUT2D eigenvalue weighted by molar-refractivity contribution is 7.92. The summed E-state index contributed by atoms with van der Waals surface area (Å²) in [5.41, 5.74) is 2.33. The van der Waals surface area contributed by atoms with Crippen molar-refractivity contribution in [1.82, 2.24) is 4.98 Å². The Labute approximate surface area is 171 Å². The van der Waals surface area contributed by atoms with Gasteiger partial charge in [-0.05, 0) is 24.3 Å². The Morgan fingerprint density at radius 1 is 1.10 bits per heavy atom. The van der Waals surface area contributed by atoms with Gasteiger partial charge in [0, 0.05) is 16.6 Å². The highest BCUT2D eigenvalue weighted by Gasteiger charge is 2.21. The molecule has 10 heteroatoms. The number of thiazole rings is 1. The van der Waals surface area contributed by atoms with Gasteiger partial charge >= 0.3 is 0 Å². The van der Waals surface area contributed by atoms with Gasteiger partial charge in [-0.2, -0.15) is 0 Å². The molecule has 2 heterocycles. The van der Waals surface area contributed by atoms with E-state index in [4.69, 9.17) is 9.47 Å². The quantitative estimate of drug-likeness (QED) is 0.643. The summed E-state index contributed by atoms with van der Waals surface area (Å²) in [5, 5.41) is 5.04. The van der Waals surface area contributed by atoms with Crippen LogP contribution in [-0.2, 0) is 10.0 Å². The number of nitrogens with zero attached hydrogens (tertiary/aromatic N) is 1. The lowest BCUT2D eigenvalue weighted by Crippen LogP contribution is -2.20. The molecule has 8 nitrogen and oxygen atoms in total. The van der Waals surface area contributed by atoms with Gasteiger partial charge in [0.15, 0.2) is 16.6 Å². The van der Waals surface area contributed by atoms with Gasteiger partial charge in [-0.1, -0.05) is 18.2 Å². The van der Waals surface area contributed by atoms with Gasteiger partial charge in [0.2, 0.25) is 10.0 Å². The maximum Gasteiger partial charge on any atom is 0.261 e. The molecule has 4 rings (SSSR count). The zero-order chi connectivity index (χ0) is 20.4. The van der Waals surface area contributed by atoms with Crippen LogP contribution < -0.4 is 19.5 Å². The lowest BCUT2D eigenvalue weighted by molar-refractivity contribution is 0.101. The number of amides is 1. The van der Waals surface area contributed by atoms with E-state index in [9.17, 15) is 13.2 Å². The molecule has 150 valence electrons. The Bertz CT molecular complexity index is 1160. The third-order valence-electron chi connectivity index (χ3n) is 4.02. The molecule has 2 N–H and O–H groups in total. The van der Waals surface area contributed by atoms with Crippen molar-refractivity contribution in [3.63, 3.8) is 0 Å². The number of hydrogen-bond donors (Lipinski definition) is 2. The molecule has 1 aliphatic heterocycles. The third-order valence-corrected chi connectivity index (χ3v) is 5.38. The van der Waals surface area contributed by atoms with Crippen LogP contribution in [0.3, 0.4) is 0 Å². The number of benzene rings is 2. The van der Waals surface area contributed by atoms with Crippen molar-refractivity contribution in [3.05, 3.63) is 53.4 Å². The van der Waals surface area contributed by atoms with Gasteiger partial charge in [-0.15, -0.1) is 11.3 Å². The van der Waals surface area contributed by atoms with Crippen LogP contribution in [0.5, 0.6) is 11.5 Å². The van der Waals surface area contributed by atoms with Crippen LogP contribution in [0, 0.1) is 0 Å². The molecule has 1 amide bonds. The number of carbonyl (C=O) groups is 1. The van der Waals surface area contributed by atoms with Gasteiger partial charge < -0.3 is 9.47 Å². The van der Waals surface area contributed by atoms with E-state index in [1.807, 2.05) is 5.38 Å². The largest absolute Gasteiger partial charge is 0.486 e. The minimum absolute atomic E-state index is 0.332. The summed E-state index contributed by atoms with van der Waals surface area (Å²) in [6.45, 7) is 0.843. The first-order chi connectivity index (χ1) is 13.9. The zero-order valence-corrected chi connectivity index (χ0v) is 17.0. The molecule has 0 saturated carbocycles. The van der Waals surface area contributed by atoms with Gasteiger partial charge in [-0.25, -0.2) is 13.4 Å². The SMILES string of the molecule is CS(=O)(=O)Nc1ccc(-c2csc(NC(=O)c3cccc4c3OCCO4)n2)cc1. The first-order valence-corrected chi connectivity index (χ1v) is 11.4. The van der Waals surface area contributed by atoms with E-state index < -0.39 is 10.0 Å². The Balaban J connectivity index is 1.49. The topological polar surface area (TPSA) is 107 Å². The van der Waals surface area contributed by atoms with Gasteiger partial charge in [-0.3, -0.25) is 14.8 Å². The smallest absolute Gasteiger partial charge is 0.261 e. The third kappa shape index (κ3) is 4.49. The van der Waals surface area contributed by atoms with Crippen LogP contribution in [0.2, 0.25) is 0 Å². The van der Waals surface area contributed by atoms with Crippen molar-refractivity contribution in [3.8, 4) is 22.8 Å². The number of anilines is 2. The van der Waals surface area contributed by atoms with E-state index >= 15 is 0 Å². The number of para-hydroxylation sites is 1. The summed E-state index contributed by atoms with van der Waals surface area (Å²) in [4.78, 5) is 17.1. The summed E-state index contributed by atoms with van der Waals surface area (Å²) in [6.07, 6.45) is 1.09. The Kier molecular flexibility index (Phi) is 5.12. The summed E-state index contributed by atoms with van der Waals surface area (Å²) < 4.78 is 36.1. The molecule has 3 aromatic rings. The number of fused-ring (bicyclic) bond motifs is 1. The number of carbonyl (C=O) groups excluding carboxylic acids is 1. The lowest BCUT2D eigenvalue weighted by atomic mass is 10.1. The predicted molar refractivity (Wildman–Crippen MR) is 111 cm³/mol. The fraction of sp³-hybridized carbons (Fsp3) is 0.158. The number of sulfonamides is 1. The maximum atomic E-state index is 12.7. The number of ether oxygens (including phenoxy) is 2. The van der Waals surface area contributed by atoms with Crippen LogP contribution in [0.25, 0.3) is 11.3 Å². The molecule has 29 heavy (non-hydrogen) atoms. The number of nitrogens with one attached hydrogen (secondary N) is 2. The lowest BCUT2D eigenvalue weighted by Gasteiger charge is -2.20. The van der Waals surface area contributed by atoms with E-state index in [0.29, 0.717) is 46.8 Å². The Hall–Kier alpha value is -3.11. The van der Waals surface area contributed by atoms with Crippen LogP contribution in [0.1, 0.15) is 10.4 Å². The summed E-state index contributed by atoms with van der Waals surface area (Å²) in [6, 6.07) is 12.0. The second-order valence-electron chi connectivity index (χ2n) is 6.27. The van der Waals surface area contributed by atoms with Gasteiger partial charge in [0.05, 0.1) is 17.5 Å². The van der Waals surface area contributed by atoms with E-state index in [0.717, 1.165) is 11.8 Å². The highest BCUT2D eigenvalue weighted by atomic mass is 32.2. The van der Waals surface area contributed by atoms with E-state index in [1.54, 1.807) is 42.5 Å². The second kappa shape index (κ2) is 7.72. The number of aromatic nitrogens is 1. The molecule has 0 radical (unpaired) electrons. The van der Waals surface area contributed by atoms with Gasteiger partial charge in [0.25, 0.3) is 5.91 Å². The molecule has 1 aromatic heterocycles. The fourth-order valence-corrected chi connectivity index (χ4v) is 4.08. The van der Waals surface area contributed by atoms with E-state index in [2.05, 4.69) is 15.0 Å². The van der Waals surface area contributed by atoms with Crippen LogP contribution in [-0.4, -0.2) is 38.8 Å². The van der Waals surface area contributed by atoms with Crippen molar-refractivity contribution < 1.29 is 22.7 Å². The van der Waals surface area contributed by atoms with Crippen LogP contribution in [0.15, 0.2) is 47.8 Å². The molecule has 0 saturated heterocycles. The molecule has 0 atom stereocenters. The van der Waals surface area contributed by atoms with Crippen LogP contribution in [0.4, 0.5) is 10.8 Å². The Morgan fingerprint density at radius 3 is 2.62 bits per heavy atom. The molecular formula is C19H17N3O5S2. The molecule has 0 aliphatic carbocycles. The van der Waals surface area contributed by atoms with Crippen molar-refractivity contribution in [2.75, 3.05) is 29.5 Å². The molecular weight excluding hydrogens is 414 g/mol. The van der Waals surface area contributed by atoms with Crippen molar-refractivity contribution in [2.45, 2.75) is 0 Å². The minimum atomic E-state index is -3.33. The monoisotopic (exact) mass is 431 g/mol. The first-order valence-electron chi connectivity index (χ1n) is 8.63. The van der Waals surface area contributed by atoms with Crippen molar-refractivity contribution in [2.24, 2.45) is 0 Å². The summed E-state index contributed by atoms with van der Waals surface area (Å²) in [7, 11) is -3.33. The standard InChI is InChI=1S/C19H17N3O5S2/c1-29(24,25)22-13-7-5-12(6-8-13)15-11-28-19(20-15)21-18(23)14-3-2-4-16-17(14)27-10-9-26-16/h2-8,11,22H,9-10H2,1H3,(H,20,21,23). The molecule has 0 bridgehead atoms. The Morgan fingerprint density at radius 2 is 1.86 bits per heavy atom. The maximum absolute atomic E-state index is 12.7. The van der Waals surface area contributed by atoms with E-state index in [1.165, 1.54) is 11.3 Å². The summed E-state index contributed by atoms with van der Waals surface area (Å²) >= 11 is 1.29. The average Bonchev–Trinajstić information content (AvgIpc) is 3.15. The van der Waals surface area contributed by atoms with Crippen molar-refractivity contribution >= 4 is 38.1 Å². The summed E-state index contributed by atoms with van der Waals surface area (Å²) in [5.74, 6) is 0.648. The fourth-order valence-electron chi connectivity index (χ4n) is 2.80. The predicted octanol–water partition coefficient (Wildman–Crippen LogP) is 3.21.